The zero-order valence-electron chi connectivity index (χ0n) is 13.3. The first kappa shape index (κ1) is 16.3. The van der Waals surface area contributed by atoms with Crippen molar-refractivity contribution in [2.45, 2.75) is 24.8 Å². The van der Waals surface area contributed by atoms with E-state index in [9.17, 15) is 13.2 Å². The summed E-state index contributed by atoms with van der Waals surface area (Å²) in [6, 6.07) is 6.28. The highest BCUT2D eigenvalue weighted by atomic mass is 32.2. The van der Waals surface area contributed by atoms with Gasteiger partial charge < -0.3 is 16.0 Å². The van der Waals surface area contributed by atoms with Crippen molar-refractivity contribution in [2.75, 3.05) is 37.0 Å². The molecule has 0 aromatic heterocycles. The van der Waals surface area contributed by atoms with Gasteiger partial charge in [-0.15, -0.1) is 0 Å². The summed E-state index contributed by atoms with van der Waals surface area (Å²) < 4.78 is 22.6. The van der Waals surface area contributed by atoms with Gasteiger partial charge in [-0.1, -0.05) is 12.1 Å². The molecule has 3 N–H and O–H groups in total. The van der Waals surface area contributed by atoms with Crippen molar-refractivity contribution in [2.24, 2.45) is 5.73 Å². The zero-order chi connectivity index (χ0) is 16.7. The van der Waals surface area contributed by atoms with Gasteiger partial charge in [0.05, 0.1) is 0 Å². The van der Waals surface area contributed by atoms with Crippen LogP contribution in [0.3, 0.4) is 0 Å². The number of carbonyl (C=O) groups excluding carboxylic acids is 1. The fourth-order valence-corrected chi connectivity index (χ4v) is 4.25. The molecule has 0 atom stereocenters. The van der Waals surface area contributed by atoms with Gasteiger partial charge in [-0.2, -0.15) is 0 Å². The van der Waals surface area contributed by atoms with E-state index in [1.807, 2.05) is 6.07 Å². The van der Waals surface area contributed by atoms with Crippen molar-refractivity contribution in [3.05, 3.63) is 29.3 Å². The Morgan fingerprint density at radius 1 is 1.35 bits per heavy atom. The summed E-state index contributed by atoms with van der Waals surface area (Å²) >= 11 is 0. The minimum atomic E-state index is -3.28. The Bertz CT molecular complexity index is 722. The SMILES string of the molecule is CS(=O)(=O)CC(=O)N1CCC2(CC1)CNc1ccc(CN)cc12. The smallest absolute Gasteiger partial charge is 0.237 e. The number of carbonyl (C=O) groups is 1. The molecule has 2 aliphatic heterocycles. The number of piperidine rings is 1. The monoisotopic (exact) mass is 337 g/mol. The lowest BCUT2D eigenvalue weighted by atomic mass is 9.74. The summed E-state index contributed by atoms with van der Waals surface area (Å²) in [5, 5.41) is 3.45. The number of rotatable bonds is 3. The highest BCUT2D eigenvalue weighted by molar-refractivity contribution is 7.91. The highest BCUT2D eigenvalue weighted by Crippen LogP contribution is 2.44. The molecule has 6 nitrogen and oxygen atoms in total. The Morgan fingerprint density at radius 3 is 2.65 bits per heavy atom. The average Bonchev–Trinajstić information content (AvgIpc) is 2.84. The lowest BCUT2D eigenvalue weighted by Gasteiger charge is -2.39. The Labute approximate surface area is 137 Å². The molecule has 1 spiro atoms. The van der Waals surface area contributed by atoms with Crippen LogP contribution in [0.5, 0.6) is 0 Å². The number of amides is 1. The van der Waals surface area contributed by atoms with Gasteiger partial charge in [-0.25, -0.2) is 8.42 Å². The average molecular weight is 337 g/mol. The number of likely N-dealkylation sites (tertiary alicyclic amines) is 1. The second kappa shape index (κ2) is 5.79. The summed E-state index contributed by atoms with van der Waals surface area (Å²) in [6.45, 7) is 2.58. The van der Waals surface area contributed by atoms with Crippen LogP contribution in [0.4, 0.5) is 5.69 Å². The van der Waals surface area contributed by atoms with E-state index in [1.165, 1.54) is 5.56 Å². The minimum absolute atomic E-state index is 0.0301. The molecule has 0 radical (unpaired) electrons. The molecule has 126 valence electrons. The minimum Gasteiger partial charge on any atom is -0.384 e. The molecule has 7 heteroatoms. The number of anilines is 1. The van der Waals surface area contributed by atoms with Crippen LogP contribution in [0.25, 0.3) is 0 Å². The normalized spacial score (nSPS) is 19.5. The lowest BCUT2D eigenvalue weighted by Crippen LogP contribution is -2.47. The first-order valence-electron chi connectivity index (χ1n) is 7.86. The number of nitrogens with zero attached hydrogens (tertiary/aromatic N) is 1. The van der Waals surface area contributed by atoms with Crippen LogP contribution >= 0.6 is 0 Å². The Hall–Kier alpha value is -1.60. The molecule has 1 saturated heterocycles. The molecule has 1 fully saturated rings. The van der Waals surface area contributed by atoms with Crippen molar-refractivity contribution < 1.29 is 13.2 Å². The van der Waals surface area contributed by atoms with Crippen molar-refractivity contribution in [3.8, 4) is 0 Å². The molecule has 0 saturated carbocycles. The predicted octanol–water partition coefficient (Wildman–Crippen LogP) is 0.476. The molecule has 3 rings (SSSR count). The van der Waals surface area contributed by atoms with Crippen LogP contribution in [0.15, 0.2) is 18.2 Å². The predicted molar refractivity (Wildman–Crippen MR) is 90.0 cm³/mol. The van der Waals surface area contributed by atoms with E-state index >= 15 is 0 Å². The highest BCUT2D eigenvalue weighted by Gasteiger charge is 2.42. The topological polar surface area (TPSA) is 92.5 Å². The van der Waals surface area contributed by atoms with Crippen LogP contribution in [0.1, 0.15) is 24.0 Å². The van der Waals surface area contributed by atoms with E-state index in [-0.39, 0.29) is 11.3 Å². The number of nitrogens with two attached hydrogens (primary N) is 1. The molecular formula is C16H23N3O3S. The van der Waals surface area contributed by atoms with Gasteiger partial charge in [-0.3, -0.25) is 4.79 Å². The number of sulfone groups is 1. The molecular weight excluding hydrogens is 314 g/mol. The lowest BCUT2D eigenvalue weighted by molar-refractivity contribution is -0.129. The molecule has 2 heterocycles. The molecule has 1 amide bonds. The Morgan fingerprint density at radius 2 is 2.04 bits per heavy atom. The van der Waals surface area contributed by atoms with Crippen LogP contribution in [-0.2, 0) is 26.6 Å². The summed E-state index contributed by atoms with van der Waals surface area (Å²) in [4.78, 5) is 13.8. The van der Waals surface area contributed by atoms with Crippen molar-refractivity contribution in [1.82, 2.24) is 4.90 Å². The van der Waals surface area contributed by atoms with Crippen molar-refractivity contribution >= 4 is 21.4 Å². The summed E-state index contributed by atoms with van der Waals surface area (Å²) in [5.74, 6) is -0.684. The third-order valence-corrected chi connectivity index (χ3v) is 5.74. The third-order valence-electron chi connectivity index (χ3n) is 4.97. The second-order valence-electron chi connectivity index (χ2n) is 6.67. The number of fused-ring (bicyclic) bond motifs is 2. The van der Waals surface area contributed by atoms with E-state index in [0.717, 1.165) is 36.9 Å². The van der Waals surface area contributed by atoms with Crippen LogP contribution in [0.2, 0.25) is 0 Å². The van der Waals surface area contributed by atoms with Gasteiger partial charge in [0.2, 0.25) is 5.91 Å². The fourth-order valence-electron chi connectivity index (χ4n) is 3.62. The third kappa shape index (κ3) is 3.21. The van der Waals surface area contributed by atoms with Crippen LogP contribution < -0.4 is 11.1 Å². The maximum absolute atomic E-state index is 12.1. The van der Waals surface area contributed by atoms with Gasteiger partial charge in [0.25, 0.3) is 0 Å². The van der Waals surface area contributed by atoms with Crippen LogP contribution in [-0.4, -0.2) is 50.9 Å². The summed E-state index contributed by atoms with van der Waals surface area (Å²) in [7, 11) is -3.28. The molecule has 23 heavy (non-hydrogen) atoms. The van der Waals surface area contributed by atoms with E-state index in [4.69, 9.17) is 5.73 Å². The quantitative estimate of drug-likeness (QED) is 0.837. The van der Waals surface area contributed by atoms with Gasteiger partial charge >= 0.3 is 0 Å². The van der Waals surface area contributed by atoms with Gasteiger partial charge in [0, 0.05) is 43.5 Å². The van der Waals surface area contributed by atoms with Crippen LogP contribution in [0, 0.1) is 0 Å². The Kier molecular flexibility index (Phi) is 4.10. The maximum atomic E-state index is 12.1. The maximum Gasteiger partial charge on any atom is 0.237 e. The first-order valence-corrected chi connectivity index (χ1v) is 9.92. The standard InChI is InChI=1S/C16H23N3O3S/c1-23(21,22)10-15(20)19-6-4-16(5-7-19)11-18-14-3-2-12(9-17)8-13(14)16/h2-3,8,18H,4-7,9-11,17H2,1H3. The zero-order valence-corrected chi connectivity index (χ0v) is 14.2. The van der Waals surface area contributed by atoms with Gasteiger partial charge in [0.15, 0.2) is 9.84 Å². The first-order chi connectivity index (χ1) is 10.8. The molecule has 0 unspecified atom stereocenters. The molecule has 1 aromatic carbocycles. The van der Waals surface area contributed by atoms with Gasteiger partial charge in [-0.05, 0) is 30.0 Å². The number of nitrogens with one attached hydrogen (secondary N) is 1. The number of benzene rings is 1. The van der Waals surface area contributed by atoms with E-state index in [2.05, 4.69) is 17.4 Å². The van der Waals surface area contributed by atoms with E-state index in [0.29, 0.717) is 19.6 Å². The fraction of sp³-hybridized carbons (Fsp3) is 0.562. The molecule has 2 aliphatic rings. The Balaban J connectivity index is 1.74. The van der Waals surface area contributed by atoms with Crippen molar-refractivity contribution in [1.29, 1.82) is 0 Å². The largest absolute Gasteiger partial charge is 0.384 e. The van der Waals surface area contributed by atoms with E-state index < -0.39 is 15.6 Å². The molecule has 0 aliphatic carbocycles. The summed E-state index contributed by atoms with van der Waals surface area (Å²) in [5.41, 5.74) is 9.33. The van der Waals surface area contributed by atoms with Gasteiger partial charge in [0.1, 0.15) is 5.75 Å². The number of hydrogen-bond donors (Lipinski definition) is 2. The summed E-state index contributed by atoms with van der Waals surface area (Å²) in [6.07, 6.45) is 2.79. The molecule has 0 bridgehead atoms. The number of hydrogen-bond acceptors (Lipinski definition) is 5. The molecule has 1 aromatic rings. The second-order valence-corrected chi connectivity index (χ2v) is 8.81. The van der Waals surface area contributed by atoms with Crippen molar-refractivity contribution in [3.63, 3.8) is 0 Å². The van der Waals surface area contributed by atoms with E-state index in [1.54, 1.807) is 4.90 Å².